The van der Waals surface area contributed by atoms with Crippen molar-refractivity contribution in [3.8, 4) is 0 Å². The highest BCUT2D eigenvalue weighted by Crippen LogP contribution is 2.17. The number of rotatable bonds is 4. The van der Waals surface area contributed by atoms with Crippen LogP contribution in [0.3, 0.4) is 0 Å². The van der Waals surface area contributed by atoms with Gasteiger partial charge in [-0.25, -0.2) is 0 Å². The molecule has 1 N–H and O–H groups in total. The maximum Gasteiger partial charge on any atom is 0.0670 e. The van der Waals surface area contributed by atoms with Gasteiger partial charge in [0.05, 0.1) is 6.10 Å². The monoisotopic (exact) mass is 234 g/mol. The number of ether oxygens (including phenoxy) is 1. The molecule has 0 radical (unpaired) electrons. The molecule has 94 valence electrons. The van der Waals surface area contributed by atoms with Gasteiger partial charge >= 0.3 is 0 Å². The van der Waals surface area contributed by atoms with Crippen molar-refractivity contribution in [2.75, 3.05) is 33.3 Å². The fourth-order valence-corrected chi connectivity index (χ4v) is 2.32. The van der Waals surface area contributed by atoms with E-state index >= 15 is 0 Å². The summed E-state index contributed by atoms with van der Waals surface area (Å²) in [4.78, 5) is 2.47. The molecule has 17 heavy (non-hydrogen) atoms. The predicted molar refractivity (Wildman–Crippen MR) is 70.1 cm³/mol. The standard InChI is InChI=1S/C14H22N2O/c1-12(17-2)10-16-9-8-15-14(11-16)13-6-4-3-5-7-13/h3-7,12,14-15H,8-11H2,1-2H3. The largest absolute Gasteiger partial charge is 0.380 e. The Labute approximate surface area is 104 Å². The maximum absolute atomic E-state index is 5.33. The summed E-state index contributed by atoms with van der Waals surface area (Å²) in [6.45, 7) is 6.37. The topological polar surface area (TPSA) is 24.5 Å². The third-order valence-electron chi connectivity index (χ3n) is 3.38. The molecule has 1 aliphatic heterocycles. The highest BCUT2D eigenvalue weighted by atomic mass is 16.5. The molecular weight excluding hydrogens is 212 g/mol. The summed E-state index contributed by atoms with van der Waals surface area (Å²) < 4.78 is 5.33. The minimum atomic E-state index is 0.310. The average Bonchev–Trinajstić information content (AvgIpc) is 2.40. The van der Waals surface area contributed by atoms with Crippen LogP contribution in [0.4, 0.5) is 0 Å². The van der Waals surface area contributed by atoms with E-state index in [1.54, 1.807) is 7.11 Å². The molecule has 0 spiro atoms. The maximum atomic E-state index is 5.33. The molecule has 0 aromatic heterocycles. The molecule has 0 aliphatic carbocycles. The SMILES string of the molecule is COC(C)CN1CCNC(c2ccccc2)C1. The van der Waals surface area contributed by atoms with Crippen molar-refractivity contribution < 1.29 is 4.74 Å². The van der Waals surface area contributed by atoms with E-state index in [9.17, 15) is 0 Å². The van der Waals surface area contributed by atoms with Crippen LogP contribution >= 0.6 is 0 Å². The van der Waals surface area contributed by atoms with Crippen LogP contribution in [0.2, 0.25) is 0 Å². The van der Waals surface area contributed by atoms with E-state index in [0.29, 0.717) is 12.1 Å². The molecule has 1 fully saturated rings. The van der Waals surface area contributed by atoms with E-state index in [0.717, 1.165) is 26.2 Å². The third-order valence-corrected chi connectivity index (χ3v) is 3.38. The van der Waals surface area contributed by atoms with E-state index in [1.807, 2.05) is 0 Å². The Morgan fingerprint density at radius 3 is 2.88 bits per heavy atom. The van der Waals surface area contributed by atoms with Crippen LogP contribution in [0.25, 0.3) is 0 Å². The highest BCUT2D eigenvalue weighted by molar-refractivity contribution is 5.19. The number of nitrogens with one attached hydrogen (secondary N) is 1. The van der Waals surface area contributed by atoms with Crippen LogP contribution in [-0.2, 0) is 4.74 Å². The van der Waals surface area contributed by atoms with Crippen molar-refractivity contribution in [2.24, 2.45) is 0 Å². The predicted octanol–water partition coefficient (Wildman–Crippen LogP) is 1.67. The van der Waals surface area contributed by atoms with Gasteiger partial charge in [-0.2, -0.15) is 0 Å². The van der Waals surface area contributed by atoms with Gasteiger partial charge in [-0.05, 0) is 12.5 Å². The average molecular weight is 234 g/mol. The number of methoxy groups -OCH3 is 1. The van der Waals surface area contributed by atoms with E-state index in [1.165, 1.54) is 5.56 Å². The lowest BCUT2D eigenvalue weighted by molar-refractivity contribution is 0.0655. The van der Waals surface area contributed by atoms with Crippen LogP contribution < -0.4 is 5.32 Å². The number of hydrogen-bond acceptors (Lipinski definition) is 3. The minimum Gasteiger partial charge on any atom is -0.380 e. The fourth-order valence-electron chi connectivity index (χ4n) is 2.32. The Morgan fingerprint density at radius 2 is 2.18 bits per heavy atom. The van der Waals surface area contributed by atoms with Gasteiger partial charge in [0, 0.05) is 39.3 Å². The number of benzene rings is 1. The molecule has 3 heteroatoms. The molecule has 1 saturated heterocycles. The molecule has 0 saturated carbocycles. The lowest BCUT2D eigenvalue weighted by atomic mass is 10.0. The quantitative estimate of drug-likeness (QED) is 0.857. The molecule has 3 nitrogen and oxygen atoms in total. The summed E-state index contributed by atoms with van der Waals surface area (Å²) in [5, 5.41) is 3.57. The zero-order valence-electron chi connectivity index (χ0n) is 10.7. The van der Waals surface area contributed by atoms with Gasteiger partial charge in [0.1, 0.15) is 0 Å². The minimum absolute atomic E-state index is 0.310. The second kappa shape index (κ2) is 6.15. The summed E-state index contributed by atoms with van der Waals surface area (Å²) in [5.41, 5.74) is 1.38. The van der Waals surface area contributed by atoms with Gasteiger partial charge in [0.2, 0.25) is 0 Å². The molecule has 1 aliphatic rings. The van der Waals surface area contributed by atoms with Crippen LogP contribution in [-0.4, -0.2) is 44.3 Å². The van der Waals surface area contributed by atoms with E-state index in [-0.39, 0.29) is 0 Å². The number of hydrogen-bond donors (Lipinski definition) is 1. The second-order valence-electron chi connectivity index (χ2n) is 4.72. The Bertz CT molecular complexity index is 328. The molecule has 1 aromatic carbocycles. The lowest BCUT2D eigenvalue weighted by Crippen LogP contribution is -2.47. The van der Waals surface area contributed by atoms with Crippen molar-refractivity contribution in [1.29, 1.82) is 0 Å². The number of nitrogens with zero attached hydrogens (tertiary/aromatic N) is 1. The third kappa shape index (κ3) is 3.53. The summed E-state index contributed by atoms with van der Waals surface area (Å²) in [6, 6.07) is 11.1. The van der Waals surface area contributed by atoms with Gasteiger partial charge in [-0.1, -0.05) is 30.3 Å². The van der Waals surface area contributed by atoms with E-state index in [2.05, 4.69) is 47.5 Å². The van der Waals surface area contributed by atoms with Crippen molar-refractivity contribution in [3.63, 3.8) is 0 Å². The lowest BCUT2D eigenvalue weighted by Gasteiger charge is -2.35. The van der Waals surface area contributed by atoms with Crippen LogP contribution in [0.1, 0.15) is 18.5 Å². The first kappa shape index (κ1) is 12.6. The zero-order chi connectivity index (χ0) is 12.1. The van der Waals surface area contributed by atoms with Crippen molar-refractivity contribution >= 4 is 0 Å². The van der Waals surface area contributed by atoms with Crippen LogP contribution in [0.15, 0.2) is 30.3 Å². The van der Waals surface area contributed by atoms with Gasteiger partial charge in [-0.15, -0.1) is 0 Å². The first-order chi connectivity index (χ1) is 8.29. The normalized spacial score (nSPS) is 23.5. The summed E-state index contributed by atoms with van der Waals surface area (Å²) in [6.07, 6.45) is 0.310. The molecule has 2 rings (SSSR count). The fraction of sp³-hybridized carbons (Fsp3) is 0.571. The van der Waals surface area contributed by atoms with Gasteiger partial charge in [0.15, 0.2) is 0 Å². The zero-order valence-corrected chi connectivity index (χ0v) is 10.7. The van der Waals surface area contributed by atoms with Gasteiger partial charge < -0.3 is 10.1 Å². The molecule has 0 amide bonds. The molecule has 2 atom stereocenters. The summed E-state index contributed by atoms with van der Waals surface area (Å²) in [7, 11) is 1.78. The number of piperazine rings is 1. The first-order valence-electron chi connectivity index (χ1n) is 6.33. The Balaban J connectivity index is 1.93. The first-order valence-corrected chi connectivity index (χ1v) is 6.33. The second-order valence-corrected chi connectivity index (χ2v) is 4.72. The molecule has 1 aromatic rings. The molecule has 0 bridgehead atoms. The Hall–Kier alpha value is -0.900. The van der Waals surface area contributed by atoms with Gasteiger partial charge in [0.25, 0.3) is 0 Å². The molecule has 1 heterocycles. The van der Waals surface area contributed by atoms with Crippen LogP contribution in [0, 0.1) is 0 Å². The smallest absolute Gasteiger partial charge is 0.0670 e. The summed E-state index contributed by atoms with van der Waals surface area (Å²) in [5.74, 6) is 0. The van der Waals surface area contributed by atoms with Crippen LogP contribution in [0.5, 0.6) is 0 Å². The van der Waals surface area contributed by atoms with E-state index < -0.39 is 0 Å². The summed E-state index contributed by atoms with van der Waals surface area (Å²) >= 11 is 0. The van der Waals surface area contributed by atoms with Crippen molar-refractivity contribution in [3.05, 3.63) is 35.9 Å². The highest BCUT2D eigenvalue weighted by Gasteiger charge is 2.21. The Kier molecular flexibility index (Phi) is 4.54. The van der Waals surface area contributed by atoms with Crippen molar-refractivity contribution in [1.82, 2.24) is 10.2 Å². The van der Waals surface area contributed by atoms with Gasteiger partial charge in [-0.3, -0.25) is 4.90 Å². The molecular formula is C14H22N2O. The molecule has 2 unspecified atom stereocenters. The van der Waals surface area contributed by atoms with E-state index in [4.69, 9.17) is 4.74 Å². The van der Waals surface area contributed by atoms with Crippen molar-refractivity contribution in [2.45, 2.75) is 19.1 Å². The Morgan fingerprint density at radius 1 is 1.41 bits per heavy atom.